The molecule has 0 fully saturated rings. The molecular weight excluding hydrogens is 314 g/mol. The Labute approximate surface area is 132 Å². The first-order chi connectivity index (χ1) is 9.33. The highest BCUT2D eigenvalue weighted by Gasteiger charge is 2.27. The third kappa shape index (κ3) is 4.59. The SMILES string of the molecule is CCCC(C)(CNC(C)C)Cc1c(Br)c(C)nn1CC. The third-order valence-corrected chi connectivity index (χ3v) is 4.87. The van der Waals surface area contributed by atoms with Gasteiger partial charge in [0.2, 0.25) is 0 Å². The normalized spacial score (nSPS) is 14.8. The van der Waals surface area contributed by atoms with Crippen molar-refractivity contribution in [2.75, 3.05) is 6.54 Å². The van der Waals surface area contributed by atoms with Crippen molar-refractivity contribution in [1.29, 1.82) is 0 Å². The largest absolute Gasteiger partial charge is 0.314 e. The zero-order chi connectivity index (χ0) is 15.3. The summed E-state index contributed by atoms with van der Waals surface area (Å²) in [6.07, 6.45) is 3.51. The summed E-state index contributed by atoms with van der Waals surface area (Å²) in [6, 6.07) is 0.535. The summed E-state index contributed by atoms with van der Waals surface area (Å²) < 4.78 is 3.33. The summed E-state index contributed by atoms with van der Waals surface area (Å²) in [6.45, 7) is 15.3. The number of halogens is 1. The van der Waals surface area contributed by atoms with Gasteiger partial charge in [0.15, 0.2) is 0 Å². The molecule has 0 saturated heterocycles. The number of hydrogen-bond acceptors (Lipinski definition) is 2. The minimum atomic E-state index is 0.279. The van der Waals surface area contributed by atoms with Gasteiger partial charge in [0.25, 0.3) is 0 Å². The minimum Gasteiger partial charge on any atom is -0.314 e. The van der Waals surface area contributed by atoms with Crippen LogP contribution in [0.25, 0.3) is 0 Å². The lowest BCUT2D eigenvalue weighted by molar-refractivity contribution is 0.260. The Bertz CT molecular complexity index is 426. The Kier molecular flexibility index (Phi) is 6.73. The summed E-state index contributed by atoms with van der Waals surface area (Å²) in [5.41, 5.74) is 2.71. The maximum absolute atomic E-state index is 4.62. The third-order valence-electron chi connectivity index (χ3n) is 3.84. The van der Waals surface area contributed by atoms with Gasteiger partial charge in [-0.25, -0.2) is 0 Å². The zero-order valence-electron chi connectivity index (χ0n) is 13.9. The Morgan fingerprint density at radius 1 is 1.35 bits per heavy atom. The van der Waals surface area contributed by atoms with Gasteiger partial charge in [-0.3, -0.25) is 4.68 Å². The molecule has 0 aliphatic carbocycles. The molecule has 0 spiro atoms. The van der Waals surface area contributed by atoms with Crippen molar-refractivity contribution < 1.29 is 0 Å². The van der Waals surface area contributed by atoms with E-state index >= 15 is 0 Å². The smallest absolute Gasteiger partial charge is 0.0738 e. The lowest BCUT2D eigenvalue weighted by Gasteiger charge is -2.31. The molecule has 3 nitrogen and oxygen atoms in total. The van der Waals surface area contributed by atoms with Crippen molar-refractivity contribution in [3.05, 3.63) is 15.9 Å². The molecule has 0 aromatic carbocycles. The summed E-state index contributed by atoms with van der Waals surface area (Å²) in [4.78, 5) is 0. The van der Waals surface area contributed by atoms with E-state index in [0.717, 1.165) is 25.2 Å². The van der Waals surface area contributed by atoms with Crippen LogP contribution in [0, 0.1) is 12.3 Å². The average Bonchev–Trinajstić information content (AvgIpc) is 2.64. The van der Waals surface area contributed by atoms with Crippen LogP contribution in [0.3, 0.4) is 0 Å². The van der Waals surface area contributed by atoms with Gasteiger partial charge < -0.3 is 5.32 Å². The van der Waals surface area contributed by atoms with Crippen LogP contribution in [-0.2, 0) is 13.0 Å². The molecule has 4 heteroatoms. The van der Waals surface area contributed by atoms with Crippen molar-refractivity contribution >= 4 is 15.9 Å². The molecule has 1 atom stereocenters. The fraction of sp³-hybridized carbons (Fsp3) is 0.812. The summed E-state index contributed by atoms with van der Waals surface area (Å²) in [7, 11) is 0. The summed E-state index contributed by atoms with van der Waals surface area (Å²) >= 11 is 3.72. The first-order valence-electron chi connectivity index (χ1n) is 7.78. The van der Waals surface area contributed by atoms with E-state index in [1.807, 2.05) is 0 Å². The standard InChI is InChI=1S/C16H30BrN3/c1-7-9-16(6,11-18-12(3)4)10-14-15(17)13(5)19-20(14)8-2/h12,18H,7-11H2,1-6H3. The average molecular weight is 344 g/mol. The van der Waals surface area contributed by atoms with E-state index in [0.29, 0.717) is 6.04 Å². The molecule has 20 heavy (non-hydrogen) atoms. The monoisotopic (exact) mass is 343 g/mol. The van der Waals surface area contributed by atoms with Crippen molar-refractivity contribution in [2.45, 2.75) is 73.4 Å². The molecule has 0 aliphatic heterocycles. The first kappa shape index (κ1) is 17.7. The summed E-state index contributed by atoms with van der Waals surface area (Å²) in [5.74, 6) is 0. The lowest BCUT2D eigenvalue weighted by atomic mass is 9.80. The molecule has 0 amide bonds. The Morgan fingerprint density at radius 3 is 2.50 bits per heavy atom. The van der Waals surface area contributed by atoms with E-state index in [2.05, 4.69) is 72.6 Å². The molecular formula is C16H30BrN3. The number of nitrogens with one attached hydrogen (secondary N) is 1. The molecule has 1 unspecified atom stereocenters. The second-order valence-electron chi connectivity index (χ2n) is 6.43. The summed E-state index contributed by atoms with van der Waals surface area (Å²) in [5, 5.41) is 8.23. The number of rotatable bonds is 8. The van der Waals surface area contributed by atoms with E-state index in [9.17, 15) is 0 Å². The van der Waals surface area contributed by atoms with Crippen LogP contribution in [0.4, 0.5) is 0 Å². The van der Waals surface area contributed by atoms with Gasteiger partial charge in [0.1, 0.15) is 0 Å². The maximum Gasteiger partial charge on any atom is 0.0738 e. The lowest BCUT2D eigenvalue weighted by Crippen LogP contribution is -2.37. The Hall–Kier alpha value is -0.350. The Balaban J connectivity index is 2.94. The van der Waals surface area contributed by atoms with E-state index in [-0.39, 0.29) is 5.41 Å². The molecule has 0 aliphatic rings. The van der Waals surface area contributed by atoms with E-state index in [1.165, 1.54) is 23.0 Å². The van der Waals surface area contributed by atoms with Gasteiger partial charge in [-0.05, 0) is 48.0 Å². The highest BCUT2D eigenvalue weighted by molar-refractivity contribution is 9.10. The number of nitrogens with zero attached hydrogens (tertiary/aromatic N) is 2. The molecule has 1 aromatic heterocycles. The van der Waals surface area contributed by atoms with E-state index in [1.54, 1.807) is 0 Å². The van der Waals surface area contributed by atoms with Crippen molar-refractivity contribution in [2.24, 2.45) is 5.41 Å². The quantitative estimate of drug-likeness (QED) is 0.761. The maximum atomic E-state index is 4.62. The molecule has 1 aromatic rings. The van der Waals surface area contributed by atoms with Crippen LogP contribution < -0.4 is 5.32 Å². The topological polar surface area (TPSA) is 29.9 Å². The van der Waals surface area contributed by atoms with Gasteiger partial charge in [-0.1, -0.05) is 34.1 Å². The molecule has 1 N–H and O–H groups in total. The van der Waals surface area contributed by atoms with Gasteiger partial charge in [-0.2, -0.15) is 5.10 Å². The van der Waals surface area contributed by atoms with Crippen molar-refractivity contribution in [3.8, 4) is 0 Å². The second kappa shape index (κ2) is 7.60. The zero-order valence-corrected chi connectivity index (χ0v) is 15.5. The van der Waals surface area contributed by atoms with E-state index in [4.69, 9.17) is 0 Å². The van der Waals surface area contributed by atoms with E-state index < -0.39 is 0 Å². The molecule has 0 saturated carbocycles. The van der Waals surface area contributed by atoms with Crippen LogP contribution in [0.5, 0.6) is 0 Å². The fourth-order valence-electron chi connectivity index (χ4n) is 2.74. The molecule has 0 radical (unpaired) electrons. The van der Waals surface area contributed by atoms with Crippen molar-refractivity contribution in [3.63, 3.8) is 0 Å². The van der Waals surface area contributed by atoms with Crippen molar-refractivity contribution in [1.82, 2.24) is 15.1 Å². The minimum absolute atomic E-state index is 0.279. The van der Waals surface area contributed by atoms with Crippen LogP contribution >= 0.6 is 15.9 Å². The predicted octanol–water partition coefficient (Wildman–Crippen LogP) is 4.32. The Morgan fingerprint density at radius 2 is 2.00 bits per heavy atom. The fourth-order valence-corrected chi connectivity index (χ4v) is 3.16. The van der Waals surface area contributed by atoms with Crippen LogP contribution in [-0.4, -0.2) is 22.4 Å². The van der Waals surface area contributed by atoms with Gasteiger partial charge in [0.05, 0.1) is 15.9 Å². The number of aryl methyl sites for hydroxylation is 2. The van der Waals surface area contributed by atoms with Gasteiger partial charge in [-0.15, -0.1) is 0 Å². The van der Waals surface area contributed by atoms with Crippen LogP contribution in [0.1, 0.15) is 58.8 Å². The highest BCUT2D eigenvalue weighted by atomic mass is 79.9. The first-order valence-corrected chi connectivity index (χ1v) is 8.57. The van der Waals surface area contributed by atoms with Crippen LogP contribution in [0.2, 0.25) is 0 Å². The number of hydrogen-bond donors (Lipinski definition) is 1. The number of aromatic nitrogens is 2. The molecule has 1 rings (SSSR count). The van der Waals surface area contributed by atoms with Gasteiger partial charge in [0, 0.05) is 19.1 Å². The highest BCUT2D eigenvalue weighted by Crippen LogP contribution is 2.32. The molecule has 116 valence electrons. The van der Waals surface area contributed by atoms with Crippen LogP contribution in [0.15, 0.2) is 4.47 Å². The predicted molar refractivity (Wildman–Crippen MR) is 90.2 cm³/mol. The molecule has 0 bridgehead atoms. The second-order valence-corrected chi connectivity index (χ2v) is 7.23. The molecule has 1 heterocycles. The van der Waals surface area contributed by atoms with Gasteiger partial charge >= 0.3 is 0 Å².